The third-order valence-corrected chi connectivity index (χ3v) is 4.74. The molecule has 0 saturated heterocycles. The van der Waals surface area contributed by atoms with Crippen molar-refractivity contribution in [3.63, 3.8) is 0 Å². The molecule has 0 saturated carbocycles. The van der Waals surface area contributed by atoms with Crippen molar-refractivity contribution < 1.29 is 4.79 Å². The maximum atomic E-state index is 13.0. The van der Waals surface area contributed by atoms with Gasteiger partial charge in [0.1, 0.15) is 0 Å². The first kappa shape index (κ1) is 19.3. The number of aromatic amines is 1. The first-order valence-electron chi connectivity index (χ1n) is 9.81. The molecule has 4 aromatic rings. The van der Waals surface area contributed by atoms with Crippen molar-refractivity contribution in [1.82, 2.24) is 15.2 Å². The summed E-state index contributed by atoms with van der Waals surface area (Å²) in [6.07, 6.45) is 9.61. The van der Waals surface area contributed by atoms with Crippen LogP contribution in [0.1, 0.15) is 34.2 Å². The van der Waals surface area contributed by atoms with E-state index in [1.807, 2.05) is 91.9 Å². The molecule has 2 aromatic heterocycles. The number of fused-ring (bicyclic) bond motifs is 1. The number of allylic oxidation sites excluding steroid dienone is 1. The van der Waals surface area contributed by atoms with Crippen molar-refractivity contribution in [3.8, 4) is 0 Å². The molecule has 0 radical (unpaired) electrons. The van der Waals surface area contributed by atoms with E-state index >= 15 is 0 Å². The van der Waals surface area contributed by atoms with Gasteiger partial charge in [-0.3, -0.25) is 14.9 Å². The lowest BCUT2D eigenvalue weighted by atomic mass is 10.0. The summed E-state index contributed by atoms with van der Waals surface area (Å²) in [7, 11) is 0. The molecule has 0 amide bonds. The Kier molecular flexibility index (Phi) is 5.80. The SMILES string of the molecule is C/C=C/CNc1cccc(C(=O)c2ccc3c(/C=C/c4ccccn4)n[nH]c3c2)c1. The molecule has 5 nitrogen and oxygen atoms in total. The van der Waals surface area contributed by atoms with E-state index in [-0.39, 0.29) is 5.78 Å². The Bertz CT molecular complexity index is 1220. The molecule has 0 atom stereocenters. The maximum Gasteiger partial charge on any atom is 0.193 e. The molecule has 0 aliphatic heterocycles. The van der Waals surface area contributed by atoms with Crippen LogP contribution < -0.4 is 5.32 Å². The zero-order chi connectivity index (χ0) is 20.8. The summed E-state index contributed by atoms with van der Waals surface area (Å²) in [4.78, 5) is 17.3. The van der Waals surface area contributed by atoms with Crippen LogP contribution in [0.3, 0.4) is 0 Å². The van der Waals surface area contributed by atoms with E-state index in [1.54, 1.807) is 6.20 Å². The van der Waals surface area contributed by atoms with Gasteiger partial charge >= 0.3 is 0 Å². The lowest BCUT2D eigenvalue weighted by molar-refractivity contribution is 0.103. The molecule has 4 rings (SSSR count). The van der Waals surface area contributed by atoms with Gasteiger partial charge in [0, 0.05) is 34.9 Å². The summed E-state index contributed by atoms with van der Waals surface area (Å²) in [5.74, 6) is -0.0215. The first-order valence-corrected chi connectivity index (χ1v) is 9.81. The van der Waals surface area contributed by atoms with Crippen LogP contribution in [0.4, 0.5) is 5.69 Å². The lowest BCUT2D eigenvalue weighted by Crippen LogP contribution is -2.03. The van der Waals surface area contributed by atoms with E-state index in [0.717, 1.165) is 34.5 Å². The molecule has 0 aliphatic carbocycles. The number of nitrogens with zero attached hydrogens (tertiary/aromatic N) is 2. The predicted octanol–water partition coefficient (Wildman–Crippen LogP) is 5.35. The molecule has 2 N–H and O–H groups in total. The number of aromatic nitrogens is 3. The molecule has 0 aliphatic rings. The van der Waals surface area contributed by atoms with Crippen LogP contribution in [0.5, 0.6) is 0 Å². The van der Waals surface area contributed by atoms with E-state index in [1.165, 1.54) is 0 Å². The fraction of sp³-hybridized carbons (Fsp3) is 0.0800. The van der Waals surface area contributed by atoms with Gasteiger partial charge in [0.05, 0.1) is 16.9 Å². The average Bonchev–Trinajstić information content (AvgIpc) is 3.20. The third-order valence-electron chi connectivity index (χ3n) is 4.74. The van der Waals surface area contributed by atoms with Crippen molar-refractivity contribution in [2.75, 3.05) is 11.9 Å². The van der Waals surface area contributed by atoms with Gasteiger partial charge in [-0.25, -0.2) is 0 Å². The topological polar surface area (TPSA) is 70.7 Å². The van der Waals surface area contributed by atoms with E-state index in [4.69, 9.17) is 0 Å². The highest BCUT2D eigenvalue weighted by Crippen LogP contribution is 2.22. The fourth-order valence-corrected chi connectivity index (χ4v) is 3.18. The Morgan fingerprint density at radius 1 is 1.03 bits per heavy atom. The van der Waals surface area contributed by atoms with E-state index in [2.05, 4.69) is 20.5 Å². The van der Waals surface area contributed by atoms with Crippen LogP contribution in [0.2, 0.25) is 0 Å². The van der Waals surface area contributed by atoms with Crippen molar-refractivity contribution in [3.05, 3.63) is 102 Å². The molecule has 0 bridgehead atoms. The van der Waals surface area contributed by atoms with Crippen LogP contribution in [-0.2, 0) is 0 Å². The summed E-state index contributed by atoms with van der Waals surface area (Å²) in [6, 6.07) is 18.9. The minimum Gasteiger partial charge on any atom is -0.382 e. The number of hydrogen-bond donors (Lipinski definition) is 2. The second-order valence-corrected chi connectivity index (χ2v) is 6.82. The monoisotopic (exact) mass is 394 g/mol. The molecular formula is C25H22N4O. The Balaban J connectivity index is 1.56. The molecular weight excluding hydrogens is 372 g/mol. The van der Waals surface area contributed by atoms with Gasteiger partial charge in [-0.2, -0.15) is 5.10 Å². The Labute approximate surface area is 175 Å². The number of hydrogen-bond acceptors (Lipinski definition) is 4. The van der Waals surface area contributed by atoms with E-state index < -0.39 is 0 Å². The normalized spacial score (nSPS) is 11.5. The number of H-pyrrole nitrogens is 1. The number of ketones is 1. The second kappa shape index (κ2) is 9.01. The summed E-state index contributed by atoms with van der Waals surface area (Å²) in [6.45, 7) is 2.70. The van der Waals surface area contributed by atoms with Crippen LogP contribution in [0.15, 0.2) is 79.0 Å². The van der Waals surface area contributed by atoms with Crippen LogP contribution in [-0.4, -0.2) is 27.5 Å². The highest BCUT2D eigenvalue weighted by molar-refractivity contribution is 6.11. The number of pyridine rings is 1. The average molecular weight is 394 g/mol. The zero-order valence-electron chi connectivity index (χ0n) is 16.7. The Morgan fingerprint density at radius 3 is 2.77 bits per heavy atom. The molecule has 0 spiro atoms. The molecule has 0 fully saturated rings. The van der Waals surface area contributed by atoms with Crippen LogP contribution in [0.25, 0.3) is 23.1 Å². The number of carbonyl (C=O) groups excluding carboxylic acids is 1. The van der Waals surface area contributed by atoms with Crippen molar-refractivity contribution >= 4 is 34.5 Å². The molecule has 5 heteroatoms. The predicted molar refractivity (Wildman–Crippen MR) is 122 cm³/mol. The van der Waals surface area contributed by atoms with Crippen molar-refractivity contribution in [2.24, 2.45) is 0 Å². The number of benzene rings is 2. The molecule has 30 heavy (non-hydrogen) atoms. The van der Waals surface area contributed by atoms with Gasteiger partial charge < -0.3 is 5.32 Å². The van der Waals surface area contributed by atoms with Crippen LogP contribution >= 0.6 is 0 Å². The van der Waals surface area contributed by atoms with Gasteiger partial charge in [0.15, 0.2) is 5.78 Å². The Morgan fingerprint density at radius 2 is 1.93 bits per heavy atom. The molecule has 148 valence electrons. The quantitative estimate of drug-likeness (QED) is 0.328. The summed E-state index contributed by atoms with van der Waals surface area (Å²) in [5, 5.41) is 11.6. The van der Waals surface area contributed by atoms with Gasteiger partial charge in [0.2, 0.25) is 0 Å². The highest BCUT2D eigenvalue weighted by atomic mass is 16.1. The van der Waals surface area contributed by atoms with Gasteiger partial charge in [-0.05, 0) is 55.5 Å². The van der Waals surface area contributed by atoms with E-state index in [0.29, 0.717) is 11.1 Å². The minimum atomic E-state index is -0.0215. The summed E-state index contributed by atoms with van der Waals surface area (Å²) in [5.41, 5.74) is 4.69. The summed E-state index contributed by atoms with van der Waals surface area (Å²) >= 11 is 0. The van der Waals surface area contributed by atoms with Gasteiger partial charge in [-0.1, -0.05) is 36.4 Å². The molecule has 0 unspecified atom stereocenters. The van der Waals surface area contributed by atoms with Crippen LogP contribution in [0, 0.1) is 0 Å². The molecule has 2 heterocycles. The maximum absolute atomic E-state index is 13.0. The molecule has 2 aromatic carbocycles. The third kappa shape index (κ3) is 4.36. The van der Waals surface area contributed by atoms with Gasteiger partial charge in [0.25, 0.3) is 0 Å². The fourth-order valence-electron chi connectivity index (χ4n) is 3.18. The zero-order valence-corrected chi connectivity index (χ0v) is 16.7. The minimum absolute atomic E-state index is 0.0215. The van der Waals surface area contributed by atoms with Gasteiger partial charge in [-0.15, -0.1) is 0 Å². The number of rotatable bonds is 7. The highest BCUT2D eigenvalue weighted by Gasteiger charge is 2.12. The van der Waals surface area contributed by atoms with Crippen molar-refractivity contribution in [2.45, 2.75) is 6.92 Å². The smallest absolute Gasteiger partial charge is 0.193 e. The summed E-state index contributed by atoms with van der Waals surface area (Å²) < 4.78 is 0. The number of anilines is 1. The first-order chi connectivity index (χ1) is 14.7. The van der Waals surface area contributed by atoms with Crippen molar-refractivity contribution in [1.29, 1.82) is 0 Å². The lowest BCUT2D eigenvalue weighted by Gasteiger charge is -2.06. The Hall–Kier alpha value is -3.99. The number of carbonyl (C=O) groups is 1. The van der Waals surface area contributed by atoms with E-state index in [9.17, 15) is 4.79 Å². The number of nitrogens with one attached hydrogen (secondary N) is 2. The second-order valence-electron chi connectivity index (χ2n) is 6.82. The standard InChI is InChI=1S/C25H22N4O/c1-2-3-14-27-21-9-6-7-18(16-21)25(30)19-10-12-22-23(28-29-24(22)17-19)13-11-20-8-4-5-15-26-20/h2-13,15-17,27H,14H2,1H3,(H,28,29)/b3-2+,13-11+. The largest absolute Gasteiger partial charge is 0.382 e.